The minimum absolute atomic E-state index is 0.00220. The lowest BCUT2D eigenvalue weighted by Crippen LogP contribution is -2.52. The number of ether oxygens (including phenoxy) is 1. The van der Waals surface area contributed by atoms with Crippen LogP contribution in [0.25, 0.3) is 0 Å². The Balaban J connectivity index is 1.67. The fourth-order valence-corrected chi connectivity index (χ4v) is 2.68. The molecule has 1 aromatic heterocycles. The number of carbonyl (C=O) groups excluding carboxylic acids is 2. The second kappa shape index (κ2) is 7.52. The van der Waals surface area contributed by atoms with Gasteiger partial charge in [0.05, 0.1) is 5.69 Å². The molecule has 0 aliphatic carbocycles. The van der Waals surface area contributed by atoms with Gasteiger partial charge >= 0.3 is 0 Å². The normalized spacial score (nSPS) is 19.7. The Morgan fingerprint density at radius 1 is 1.46 bits per heavy atom. The van der Waals surface area contributed by atoms with Crippen molar-refractivity contribution in [3.63, 3.8) is 0 Å². The Morgan fingerprint density at radius 3 is 2.96 bits per heavy atom. The Labute approximate surface area is 149 Å². The van der Waals surface area contributed by atoms with Gasteiger partial charge in [0.25, 0.3) is 5.91 Å². The predicted octanol–water partition coefficient (Wildman–Crippen LogP) is 1.30. The van der Waals surface area contributed by atoms with Gasteiger partial charge in [-0.25, -0.2) is 9.07 Å². The van der Waals surface area contributed by atoms with E-state index < -0.39 is 18.0 Å². The average molecular weight is 361 g/mol. The summed E-state index contributed by atoms with van der Waals surface area (Å²) in [7, 11) is 0. The van der Waals surface area contributed by atoms with E-state index >= 15 is 0 Å². The molecule has 9 heteroatoms. The van der Waals surface area contributed by atoms with Gasteiger partial charge in [-0.2, -0.15) is 5.10 Å². The molecule has 2 unspecified atom stereocenters. The van der Waals surface area contributed by atoms with Gasteiger partial charge in [0.2, 0.25) is 5.91 Å². The molecular formula is C17H20FN5O3. The number of amides is 2. The summed E-state index contributed by atoms with van der Waals surface area (Å²) in [5.74, 6) is -0.706. The standard InChI is InChI=1S/C17H20FN5O3/c1-10-8-15(24)21-17(19-10)23-14(7-11(2)22-23)20-16(25)9-26-13-6-4-3-5-12(13)18/h3-7,10,17,19H,8-9H2,1-2H3,(H,20,25)(H,21,24). The van der Waals surface area contributed by atoms with E-state index in [9.17, 15) is 14.0 Å². The maximum Gasteiger partial charge on any atom is 0.263 e. The minimum Gasteiger partial charge on any atom is -0.481 e. The molecule has 1 fully saturated rings. The molecule has 0 bridgehead atoms. The topological polar surface area (TPSA) is 97.3 Å². The molecule has 2 atom stereocenters. The van der Waals surface area contributed by atoms with Crippen LogP contribution in [-0.4, -0.2) is 34.2 Å². The molecule has 3 N–H and O–H groups in total. The number of carbonyl (C=O) groups is 2. The first-order valence-corrected chi connectivity index (χ1v) is 8.21. The second-order valence-electron chi connectivity index (χ2n) is 6.12. The molecule has 1 aromatic carbocycles. The monoisotopic (exact) mass is 361 g/mol. The van der Waals surface area contributed by atoms with Crippen molar-refractivity contribution < 1.29 is 18.7 Å². The maximum atomic E-state index is 13.5. The number of rotatable bonds is 5. The van der Waals surface area contributed by atoms with Crippen LogP contribution < -0.4 is 20.7 Å². The van der Waals surface area contributed by atoms with Gasteiger partial charge in [-0.05, 0) is 26.0 Å². The molecule has 0 radical (unpaired) electrons. The van der Waals surface area contributed by atoms with E-state index in [0.717, 1.165) is 0 Å². The highest BCUT2D eigenvalue weighted by molar-refractivity contribution is 5.91. The molecule has 0 spiro atoms. The third-order valence-electron chi connectivity index (χ3n) is 3.80. The molecule has 1 aliphatic heterocycles. The smallest absolute Gasteiger partial charge is 0.263 e. The minimum atomic E-state index is -0.567. The summed E-state index contributed by atoms with van der Waals surface area (Å²) in [6, 6.07) is 7.51. The number of hydrogen-bond acceptors (Lipinski definition) is 5. The highest BCUT2D eigenvalue weighted by Gasteiger charge is 2.26. The zero-order chi connectivity index (χ0) is 18.7. The van der Waals surface area contributed by atoms with Crippen molar-refractivity contribution in [1.82, 2.24) is 20.4 Å². The van der Waals surface area contributed by atoms with Crippen molar-refractivity contribution in [3.8, 4) is 5.75 Å². The molecule has 138 valence electrons. The molecule has 1 saturated heterocycles. The Hall–Kier alpha value is -2.94. The van der Waals surface area contributed by atoms with Crippen LogP contribution in [0.4, 0.5) is 10.2 Å². The number of aromatic nitrogens is 2. The van der Waals surface area contributed by atoms with Crippen molar-refractivity contribution in [2.45, 2.75) is 32.6 Å². The van der Waals surface area contributed by atoms with Crippen LogP contribution in [0.2, 0.25) is 0 Å². The fourth-order valence-electron chi connectivity index (χ4n) is 2.68. The first-order chi connectivity index (χ1) is 12.4. The highest BCUT2D eigenvalue weighted by atomic mass is 19.1. The van der Waals surface area contributed by atoms with Gasteiger partial charge in [0.15, 0.2) is 24.5 Å². The summed E-state index contributed by atoms with van der Waals surface area (Å²) in [5, 5.41) is 12.9. The molecule has 8 nitrogen and oxygen atoms in total. The zero-order valence-corrected chi connectivity index (χ0v) is 14.5. The summed E-state index contributed by atoms with van der Waals surface area (Å²) in [6.45, 7) is 3.31. The number of nitrogens with zero attached hydrogens (tertiary/aromatic N) is 2. The van der Waals surface area contributed by atoms with Crippen LogP contribution >= 0.6 is 0 Å². The van der Waals surface area contributed by atoms with Gasteiger partial charge in [0.1, 0.15) is 5.82 Å². The average Bonchev–Trinajstić information content (AvgIpc) is 2.93. The maximum absolute atomic E-state index is 13.5. The van der Waals surface area contributed by atoms with Crippen LogP contribution in [0.1, 0.15) is 25.3 Å². The Bertz CT molecular complexity index is 822. The van der Waals surface area contributed by atoms with Crippen LogP contribution in [-0.2, 0) is 9.59 Å². The number of nitrogens with one attached hydrogen (secondary N) is 3. The van der Waals surface area contributed by atoms with Crippen LogP contribution in [0.15, 0.2) is 30.3 Å². The van der Waals surface area contributed by atoms with E-state index in [1.807, 2.05) is 6.92 Å². The molecule has 2 aromatic rings. The summed E-state index contributed by atoms with van der Waals surface area (Å²) in [6.07, 6.45) is -0.197. The third-order valence-corrected chi connectivity index (χ3v) is 3.80. The number of para-hydroxylation sites is 1. The van der Waals surface area contributed by atoms with Crippen molar-refractivity contribution in [2.75, 3.05) is 11.9 Å². The van der Waals surface area contributed by atoms with Gasteiger partial charge in [-0.3, -0.25) is 14.9 Å². The molecule has 26 heavy (non-hydrogen) atoms. The van der Waals surface area contributed by atoms with E-state index in [1.165, 1.54) is 22.9 Å². The van der Waals surface area contributed by atoms with Gasteiger partial charge < -0.3 is 15.4 Å². The van der Waals surface area contributed by atoms with Crippen LogP contribution in [0, 0.1) is 12.7 Å². The lowest BCUT2D eigenvalue weighted by molar-refractivity contribution is -0.125. The van der Waals surface area contributed by atoms with Crippen molar-refractivity contribution in [1.29, 1.82) is 0 Å². The highest BCUT2D eigenvalue weighted by Crippen LogP contribution is 2.18. The predicted molar refractivity (Wildman–Crippen MR) is 91.9 cm³/mol. The number of aryl methyl sites for hydroxylation is 1. The SMILES string of the molecule is Cc1cc(NC(=O)COc2ccccc2F)n(C2NC(=O)CC(C)N2)n1. The molecule has 2 amide bonds. The number of halogens is 1. The lowest BCUT2D eigenvalue weighted by Gasteiger charge is -2.30. The zero-order valence-electron chi connectivity index (χ0n) is 14.5. The molecular weight excluding hydrogens is 341 g/mol. The number of hydrogen-bond donors (Lipinski definition) is 3. The van der Waals surface area contributed by atoms with E-state index in [0.29, 0.717) is 17.9 Å². The quantitative estimate of drug-likeness (QED) is 0.746. The van der Waals surface area contributed by atoms with Crippen LogP contribution in [0.5, 0.6) is 5.75 Å². The van der Waals surface area contributed by atoms with Gasteiger partial charge in [-0.1, -0.05) is 12.1 Å². The Morgan fingerprint density at radius 2 is 2.23 bits per heavy atom. The molecule has 2 heterocycles. The summed E-state index contributed by atoms with van der Waals surface area (Å²) >= 11 is 0. The summed E-state index contributed by atoms with van der Waals surface area (Å²) < 4.78 is 20.2. The fraction of sp³-hybridized carbons (Fsp3) is 0.353. The molecule has 3 rings (SSSR count). The van der Waals surface area contributed by atoms with Crippen LogP contribution in [0.3, 0.4) is 0 Å². The van der Waals surface area contributed by atoms with E-state index in [1.54, 1.807) is 19.1 Å². The molecule has 0 saturated carbocycles. The first kappa shape index (κ1) is 17.9. The molecule has 1 aliphatic rings. The largest absolute Gasteiger partial charge is 0.481 e. The van der Waals surface area contributed by atoms with Crippen molar-refractivity contribution >= 4 is 17.6 Å². The Kier molecular flexibility index (Phi) is 5.17. The second-order valence-corrected chi connectivity index (χ2v) is 6.12. The number of anilines is 1. The lowest BCUT2D eigenvalue weighted by atomic mass is 10.2. The van der Waals surface area contributed by atoms with E-state index in [4.69, 9.17) is 4.74 Å². The third kappa shape index (κ3) is 4.17. The summed E-state index contributed by atoms with van der Waals surface area (Å²) in [5.41, 5.74) is 0.671. The van der Waals surface area contributed by atoms with Gasteiger partial charge in [0, 0.05) is 18.5 Å². The van der Waals surface area contributed by atoms with Gasteiger partial charge in [-0.15, -0.1) is 0 Å². The van der Waals surface area contributed by atoms with Crippen molar-refractivity contribution in [2.24, 2.45) is 0 Å². The first-order valence-electron chi connectivity index (χ1n) is 8.21. The summed E-state index contributed by atoms with van der Waals surface area (Å²) in [4.78, 5) is 23.9. The van der Waals surface area contributed by atoms with Crippen molar-refractivity contribution in [3.05, 3.63) is 41.8 Å². The van der Waals surface area contributed by atoms with E-state index in [2.05, 4.69) is 21.0 Å². The van der Waals surface area contributed by atoms with E-state index in [-0.39, 0.29) is 24.3 Å². The number of benzene rings is 1.